The van der Waals surface area contributed by atoms with E-state index in [0.29, 0.717) is 11.1 Å². The highest BCUT2D eigenvalue weighted by Gasteiger charge is 2.38. The fraction of sp³-hybridized carbons (Fsp3) is 0.143. The molecule has 0 saturated carbocycles. The Kier molecular flexibility index (Phi) is 5.36. The van der Waals surface area contributed by atoms with Crippen molar-refractivity contribution in [2.24, 2.45) is 0 Å². The van der Waals surface area contributed by atoms with Crippen LogP contribution in [0.1, 0.15) is 18.1 Å². The van der Waals surface area contributed by atoms with Crippen molar-refractivity contribution < 1.29 is 31.1 Å². The Hall–Kier alpha value is -2.96. The van der Waals surface area contributed by atoms with Gasteiger partial charge in [-0.15, -0.1) is 0 Å². The van der Waals surface area contributed by atoms with Crippen molar-refractivity contribution in [3.8, 4) is 16.9 Å². The van der Waals surface area contributed by atoms with Crippen LogP contribution in [0.4, 0.5) is 26.3 Å². The Morgan fingerprint density at radius 1 is 0.750 bits per heavy atom. The second-order valence-electron chi connectivity index (χ2n) is 6.06. The molecule has 0 bridgehead atoms. The summed E-state index contributed by atoms with van der Waals surface area (Å²) in [6.07, 6.45) is -3.41. The van der Waals surface area contributed by atoms with Crippen LogP contribution in [-0.4, -0.2) is 0 Å². The van der Waals surface area contributed by atoms with Crippen LogP contribution in [-0.2, 0) is 12.5 Å². The third-order valence-corrected chi connectivity index (χ3v) is 4.18. The fourth-order valence-corrected chi connectivity index (χ4v) is 2.66. The molecule has 146 valence electrons. The van der Waals surface area contributed by atoms with Crippen LogP contribution in [0.15, 0.2) is 54.6 Å². The SMILES string of the molecule is CCc1ccc(-c2ccc(C(F)(F)Oc3cc(F)c(F)c(F)c3)c(F)c2)cc1. The second-order valence-corrected chi connectivity index (χ2v) is 6.06. The summed E-state index contributed by atoms with van der Waals surface area (Å²) >= 11 is 0. The maximum atomic E-state index is 14.3. The summed E-state index contributed by atoms with van der Waals surface area (Å²) in [4.78, 5) is 0. The molecule has 0 aromatic heterocycles. The van der Waals surface area contributed by atoms with Gasteiger partial charge in [0, 0.05) is 12.1 Å². The summed E-state index contributed by atoms with van der Waals surface area (Å²) in [7, 11) is 0. The Labute approximate surface area is 157 Å². The van der Waals surface area contributed by atoms with E-state index >= 15 is 0 Å². The summed E-state index contributed by atoms with van der Waals surface area (Å²) in [6, 6.07) is 10.7. The van der Waals surface area contributed by atoms with Crippen LogP contribution >= 0.6 is 0 Å². The van der Waals surface area contributed by atoms with Crippen LogP contribution in [0.2, 0.25) is 0 Å². The third-order valence-electron chi connectivity index (χ3n) is 4.18. The molecule has 3 aromatic rings. The van der Waals surface area contributed by atoms with Gasteiger partial charge in [-0.2, -0.15) is 8.78 Å². The van der Waals surface area contributed by atoms with Crippen molar-refractivity contribution in [2.45, 2.75) is 19.5 Å². The number of rotatable bonds is 5. The van der Waals surface area contributed by atoms with E-state index in [1.807, 2.05) is 19.1 Å². The van der Waals surface area contributed by atoms with E-state index in [-0.39, 0.29) is 12.1 Å². The fourth-order valence-electron chi connectivity index (χ4n) is 2.66. The quantitative estimate of drug-likeness (QED) is 0.349. The van der Waals surface area contributed by atoms with Crippen LogP contribution in [0.5, 0.6) is 5.75 Å². The van der Waals surface area contributed by atoms with Crippen molar-refractivity contribution in [2.75, 3.05) is 0 Å². The molecule has 0 fully saturated rings. The first-order chi connectivity index (χ1) is 13.2. The molecule has 0 amide bonds. The van der Waals surface area contributed by atoms with Crippen molar-refractivity contribution in [3.05, 3.63) is 89.0 Å². The van der Waals surface area contributed by atoms with Crippen molar-refractivity contribution in [1.29, 1.82) is 0 Å². The third kappa shape index (κ3) is 3.98. The van der Waals surface area contributed by atoms with E-state index in [0.717, 1.165) is 24.1 Å². The Morgan fingerprint density at radius 2 is 1.32 bits per heavy atom. The van der Waals surface area contributed by atoms with E-state index < -0.39 is 40.7 Å². The molecule has 7 heteroatoms. The molecule has 0 saturated heterocycles. The first kappa shape index (κ1) is 19.8. The maximum absolute atomic E-state index is 14.3. The van der Waals surface area contributed by atoms with E-state index in [2.05, 4.69) is 4.74 Å². The normalized spacial score (nSPS) is 11.5. The summed E-state index contributed by atoms with van der Waals surface area (Å²) in [6.45, 7) is 1.98. The predicted molar refractivity (Wildman–Crippen MR) is 92.1 cm³/mol. The lowest BCUT2D eigenvalue weighted by Gasteiger charge is -2.19. The first-order valence-corrected chi connectivity index (χ1v) is 8.32. The zero-order valence-corrected chi connectivity index (χ0v) is 14.6. The van der Waals surface area contributed by atoms with Crippen LogP contribution in [0, 0.1) is 23.3 Å². The summed E-state index contributed by atoms with van der Waals surface area (Å²) in [5.41, 5.74) is 0.958. The van der Waals surface area contributed by atoms with E-state index in [9.17, 15) is 26.3 Å². The van der Waals surface area contributed by atoms with Crippen LogP contribution in [0.3, 0.4) is 0 Å². The average molecular weight is 396 g/mol. The number of hydrogen-bond donors (Lipinski definition) is 0. The van der Waals surface area contributed by atoms with Gasteiger partial charge in [0.05, 0.1) is 5.56 Å². The molecule has 0 heterocycles. The van der Waals surface area contributed by atoms with Crippen LogP contribution in [0.25, 0.3) is 11.1 Å². The lowest BCUT2D eigenvalue weighted by Crippen LogP contribution is -2.23. The Bertz CT molecular complexity index is 975. The van der Waals surface area contributed by atoms with Gasteiger partial charge in [-0.25, -0.2) is 17.6 Å². The van der Waals surface area contributed by atoms with Gasteiger partial charge in [0.1, 0.15) is 11.6 Å². The molecular weight excluding hydrogens is 382 g/mol. The molecule has 3 rings (SSSR count). The van der Waals surface area contributed by atoms with E-state index in [1.54, 1.807) is 12.1 Å². The molecule has 0 atom stereocenters. The monoisotopic (exact) mass is 396 g/mol. The van der Waals surface area contributed by atoms with Crippen molar-refractivity contribution in [3.63, 3.8) is 0 Å². The highest BCUT2D eigenvalue weighted by Crippen LogP contribution is 2.35. The van der Waals surface area contributed by atoms with E-state index in [1.165, 1.54) is 6.07 Å². The number of ether oxygens (including phenoxy) is 1. The van der Waals surface area contributed by atoms with Gasteiger partial charge in [-0.1, -0.05) is 37.3 Å². The molecule has 0 spiro atoms. The minimum absolute atomic E-state index is 0.258. The van der Waals surface area contributed by atoms with Crippen LogP contribution < -0.4 is 4.74 Å². The van der Waals surface area contributed by atoms with Gasteiger partial charge in [-0.3, -0.25) is 0 Å². The maximum Gasteiger partial charge on any atom is 0.429 e. The minimum Gasteiger partial charge on any atom is -0.429 e. The largest absolute Gasteiger partial charge is 0.429 e. The first-order valence-electron chi connectivity index (χ1n) is 8.32. The minimum atomic E-state index is -4.23. The molecule has 0 aliphatic heterocycles. The smallest absolute Gasteiger partial charge is 0.429 e. The predicted octanol–water partition coefficient (Wildman–Crippen LogP) is 6.60. The molecular formula is C21H14F6O. The number of benzene rings is 3. The molecule has 3 aromatic carbocycles. The zero-order valence-electron chi connectivity index (χ0n) is 14.6. The Morgan fingerprint density at radius 3 is 1.86 bits per heavy atom. The lowest BCUT2D eigenvalue weighted by atomic mass is 10.0. The van der Waals surface area contributed by atoms with Gasteiger partial charge in [0.2, 0.25) is 0 Å². The van der Waals surface area contributed by atoms with Crippen molar-refractivity contribution in [1.82, 2.24) is 0 Å². The number of alkyl halides is 2. The molecule has 0 aliphatic rings. The summed E-state index contributed by atoms with van der Waals surface area (Å²) < 4.78 is 86.5. The van der Waals surface area contributed by atoms with Gasteiger partial charge >= 0.3 is 6.11 Å². The van der Waals surface area contributed by atoms with Gasteiger partial charge in [0.15, 0.2) is 17.5 Å². The molecule has 0 aliphatic carbocycles. The number of aryl methyl sites for hydroxylation is 1. The summed E-state index contributed by atoms with van der Waals surface area (Å²) in [5, 5.41) is 0. The molecule has 28 heavy (non-hydrogen) atoms. The second kappa shape index (κ2) is 7.58. The molecule has 0 unspecified atom stereocenters. The highest BCUT2D eigenvalue weighted by atomic mass is 19.3. The highest BCUT2D eigenvalue weighted by molar-refractivity contribution is 5.64. The lowest BCUT2D eigenvalue weighted by molar-refractivity contribution is -0.187. The number of hydrogen-bond acceptors (Lipinski definition) is 1. The van der Waals surface area contributed by atoms with Gasteiger partial charge in [-0.05, 0) is 35.2 Å². The molecule has 0 radical (unpaired) electrons. The average Bonchev–Trinajstić information content (AvgIpc) is 2.65. The zero-order chi connectivity index (χ0) is 20.5. The number of halogens is 6. The van der Waals surface area contributed by atoms with Gasteiger partial charge in [0.25, 0.3) is 0 Å². The topological polar surface area (TPSA) is 9.23 Å². The van der Waals surface area contributed by atoms with Crippen molar-refractivity contribution >= 4 is 0 Å². The van der Waals surface area contributed by atoms with E-state index in [4.69, 9.17) is 0 Å². The summed E-state index contributed by atoms with van der Waals surface area (Å²) in [5.74, 6) is -7.44. The Balaban J connectivity index is 1.89. The van der Waals surface area contributed by atoms with Gasteiger partial charge < -0.3 is 4.74 Å². The molecule has 1 nitrogen and oxygen atoms in total. The standard InChI is InChI=1S/C21H14F6O/c1-2-12-3-5-13(6-4-12)14-7-8-16(17(22)9-14)21(26,27)28-15-10-18(23)20(25)19(24)11-15/h3-11H,2H2,1H3. The molecule has 0 N–H and O–H groups in total.